The van der Waals surface area contributed by atoms with E-state index in [4.69, 9.17) is 4.74 Å². The van der Waals surface area contributed by atoms with E-state index < -0.39 is 0 Å². The molecule has 104 valence electrons. The van der Waals surface area contributed by atoms with Gasteiger partial charge in [0.2, 0.25) is 0 Å². The van der Waals surface area contributed by atoms with Crippen molar-refractivity contribution in [3.05, 3.63) is 12.4 Å². The maximum absolute atomic E-state index is 6.05. The summed E-state index contributed by atoms with van der Waals surface area (Å²) in [6, 6.07) is 0. The van der Waals surface area contributed by atoms with Gasteiger partial charge in [0, 0.05) is 32.0 Å². The van der Waals surface area contributed by atoms with Crippen molar-refractivity contribution < 1.29 is 4.74 Å². The number of ether oxygens (including phenoxy) is 1. The normalized spacial score (nSPS) is 27.4. The van der Waals surface area contributed by atoms with Crippen LogP contribution in [-0.4, -0.2) is 41.8 Å². The predicted octanol–water partition coefficient (Wildman–Crippen LogP) is 1.91. The van der Waals surface area contributed by atoms with E-state index >= 15 is 0 Å². The zero-order valence-electron chi connectivity index (χ0n) is 11.7. The van der Waals surface area contributed by atoms with Gasteiger partial charge in [-0.2, -0.15) is 0 Å². The fraction of sp³-hybridized carbons (Fsp3) is 0.714. The molecule has 3 rings (SSSR count). The van der Waals surface area contributed by atoms with Crippen molar-refractivity contribution in [3.63, 3.8) is 0 Å². The molecule has 2 atom stereocenters. The number of morpholine rings is 1. The third-order valence-corrected chi connectivity index (χ3v) is 3.76. The highest BCUT2D eigenvalue weighted by molar-refractivity contribution is 5.60. The average Bonchev–Trinajstić information content (AvgIpc) is 3.23. The van der Waals surface area contributed by atoms with Crippen LogP contribution < -0.4 is 10.2 Å². The van der Waals surface area contributed by atoms with E-state index in [-0.39, 0.29) is 6.10 Å². The topological polar surface area (TPSA) is 50.3 Å². The lowest BCUT2D eigenvalue weighted by Gasteiger charge is -2.38. The molecule has 5 nitrogen and oxygen atoms in total. The Labute approximate surface area is 114 Å². The Hall–Kier alpha value is -1.36. The van der Waals surface area contributed by atoms with E-state index in [1.807, 2.05) is 0 Å². The standard InChI is InChI=1S/C14H22N4O/c1-3-15-13-14(17-7-6-16-13)18-8-10(2)19-12(9-18)11-4-5-11/h6-7,10-12H,3-5,8-9H2,1-2H3,(H,15,16)/t10-,12+/m0/s1. The lowest BCUT2D eigenvalue weighted by Crippen LogP contribution is -2.48. The van der Waals surface area contributed by atoms with Gasteiger partial charge in [-0.05, 0) is 32.6 Å². The molecule has 1 aromatic heterocycles. The minimum Gasteiger partial charge on any atom is -0.371 e. The predicted molar refractivity (Wildman–Crippen MR) is 75.5 cm³/mol. The first-order chi connectivity index (χ1) is 9.28. The summed E-state index contributed by atoms with van der Waals surface area (Å²) in [5, 5.41) is 3.29. The number of nitrogens with zero attached hydrogens (tertiary/aromatic N) is 3. The molecule has 5 heteroatoms. The van der Waals surface area contributed by atoms with Crippen LogP contribution in [0.15, 0.2) is 12.4 Å². The lowest BCUT2D eigenvalue weighted by atomic mass is 10.1. The Bertz CT molecular complexity index is 435. The highest BCUT2D eigenvalue weighted by atomic mass is 16.5. The maximum atomic E-state index is 6.05. The quantitative estimate of drug-likeness (QED) is 0.898. The fourth-order valence-electron chi connectivity index (χ4n) is 2.74. The van der Waals surface area contributed by atoms with Crippen molar-refractivity contribution in [1.82, 2.24) is 9.97 Å². The summed E-state index contributed by atoms with van der Waals surface area (Å²) < 4.78 is 6.05. The van der Waals surface area contributed by atoms with E-state index in [1.54, 1.807) is 12.4 Å². The molecule has 0 aromatic carbocycles. The van der Waals surface area contributed by atoms with Gasteiger partial charge in [0.15, 0.2) is 11.6 Å². The first-order valence-electron chi connectivity index (χ1n) is 7.23. The molecule has 2 aliphatic rings. The molecule has 0 spiro atoms. The Balaban J connectivity index is 1.79. The molecule has 0 amide bonds. The van der Waals surface area contributed by atoms with Crippen LogP contribution >= 0.6 is 0 Å². The third-order valence-electron chi connectivity index (χ3n) is 3.76. The second-order valence-corrected chi connectivity index (χ2v) is 5.49. The SMILES string of the molecule is CCNc1nccnc1N1C[C@H](C)O[C@@H](C2CC2)C1. The molecule has 0 unspecified atom stereocenters. The number of rotatable bonds is 4. The Morgan fingerprint density at radius 3 is 2.84 bits per heavy atom. The van der Waals surface area contributed by atoms with Crippen LogP contribution in [0.25, 0.3) is 0 Å². The van der Waals surface area contributed by atoms with Crippen LogP contribution in [0.1, 0.15) is 26.7 Å². The van der Waals surface area contributed by atoms with E-state index in [0.717, 1.165) is 37.2 Å². The van der Waals surface area contributed by atoms with Crippen molar-refractivity contribution in [2.75, 3.05) is 29.9 Å². The van der Waals surface area contributed by atoms with E-state index in [1.165, 1.54) is 12.8 Å². The molecule has 1 aromatic rings. The van der Waals surface area contributed by atoms with Gasteiger partial charge in [0.1, 0.15) is 0 Å². The van der Waals surface area contributed by atoms with Gasteiger partial charge in [-0.1, -0.05) is 0 Å². The average molecular weight is 262 g/mol. The van der Waals surface area contributed by atoms with Crippen LogP contribution in [0.5, 0.6) is 0 Å². The zero-order valence-corrected chi connectivity index (χ0v) is 11.7. The van der Waals surface area contributed by atoms with Crippen LogP contribution in [-0.2, 0) is 4.74 Å². The van der Waals surface area contributed by atoms with Crippen LogP contribution in [0.2, 0.25) is 0 Å². The van der Waals surface area contributed by atoms with Crippen LogP contribution in [0, 0.1) is 5.92 Å². The summed E-state index contributed by atoms with van der Waals surface area (Å²) >= 11 is 0. The minimum absolute atomic E-state index is 0.260. The van der Waals surface area contributed by atoms with Crippen molar-refractivity contribution in [2.45, 2.75) is 38.9 Å². The van der Waals surface area contributed by atoms with E-state index in [2.05, 4.69) is 34.0 Å². The zero-order chi connectivity index (χ0) is 13.2. The largest absolute Gasteiger partial charge is 0.371 e. The van der Waals surface area contributed by atoms with Crippen LogP contribution in [0.3, 0.4) is 0 Å². The summed E-state index contributed by atoms with van der Waals surface area (Å²) in [6.45, 7) is 6.91. The molecular formula is C14H22N4O. The fourth-order valence-corrected chi connectivity index (χ4v) is 2.74. The summed E-state index contributed by atoms with van der Waals surface area (Å²) in [4.78, 5) is 11.2. The number of hydrogen-bond acceptors (Lipinski definition) is 5. The van der Waals surface area contributed by atoms with Gasteiger partial charge in [0.05, 0.1) is 12.2 Å². The Morgan fingerprint density at radius 2 is 2.11 bits per heavy atom. The number of anilines is 2. The van der Waals surface area contributed by atoms with Gasteiger partial charge in [-0.15, -0.1) is 0 Å². The van der Waals surface area contributed by atoms with Gasteiger partial charge in [0.25, 0.3) is 0 Å². The van der Waals surface area contributed by atoms with Gasteiger partial charge >= 0.3 is 0 Å². The van der Waals surface area contributed by atoms with Crippen molar-refractivity contribution in [1.29, 1.82) is 0 Å². The van der Waals surface area contributed by atoms with E-state index in [9.17, 15) is 0 Å². The third kappa shape index (κ3) is 2.81. The second kappa shape index (κ2) is 5.33. The molecule has 19 heavy (non-hydrogen) atoms. The van der Waals surface area contributed by atoms with Gasteiger partial charge < -0.3 is 15.0 Å². The van der Waals surface area contributed by atoms with Gasteiger partial charge in [-0.3, -0.25) is 0 Å². The minimum atomic E-state index is 0.260. The molecule has 0 bridgehead atoms. The first-order valence-corrected chi connectivity index (χ1v) is 7.23. The maximum Gasteiger partial charge on any atom is 0.171 e. The summed E-state index contributed by atoms with van der Waals surface area (Å²) in [7, 11) is 0. The summed E-state index contributed by atoms with van der Waals surface area (Å²) in [6.07, 6.45) is 6.75. The molecule has 1 aliphatic carbocycles. The van der Waals surface area contributed by atoms with E-state index in [0.29, 0.717) is 6.10 Å². The highest BCUT2D eigenvalue weighted by Crippen LogP contribution is 2.37. The Morgan fingerprint density at radius 1 is 1.32 bits per heavy atom. The molecular weight excluding hydrogens is 240 g/mol. The van der Waals surface area contributed by atoms with Crippen molar-refractivity contribution >= 4 is 11.6 Å². The Kier molecular flexibility index (Phi) is 3.55. The van der Waals surface area contributed by atoms with Crippen molar-refractivity contribution in [3.8, 4) is 0 Å². The summed E-state index contributed by atoms with van der Waals surface area (Å²) in [5.74, 6) is 2.60. The number of nitrogens with one attached hydrogen (secondary N) is 1. The molecule has 1 aliphatic heterocycles. The summed E-state index contributed by atoms with van der Waals surface area (Å²) in [5.41, 5.74) is 0. The molecule has 2 fully saturated rings. The molecule has 1 N–H and O–H groups in total. The molecule has 1 saturated heterocycles. The van der Waals surface area contributed by atoms with Crippen molar-refractivity contribution in [2.24, 2.45) is 5.92 Å². The first kappa shape index (κ1) is 12.7. The number of aromatic nitrogens is 2. The highest BCUT2D eigenvalue weighted by Gasteiger charge is 2.38. The monoisotopic (exact) mass is 262 g/mol. The van der Waals surface area contributed by atoms with Crippen LogP contribution in [0.4, 0.5) is 11.6 Å². The molecule has 0 radical (unpaired) electrons. The molecule has 2 heterocycles. The van der Waals surface area contributed by atoms with Gasteiger partial charge in [-0.25, -0.2) is 9.97 Å². The number of hydrogen-bond donors (Lipinski definition) is 1. The second-order valence-electron chi connectivity index (χ2n) is 5.49. The molecule has 1 saturated carbocycles. The smallest absolute Gasteiger partial charge is 0.171 e. The lowest BCUT2D eigenvalue weighted by molar-refractivity contribution is -0.0273.